The Bertz CT molecular complexity index is 2120. The van der Waals surface area contributed by atoms with Crippen molar-refractivity contribution in [3.05, 3.63) is 215 Å². The first-order valence-corrected chi connectivity index (χ1v) is 26.0. The summed E-state index contributed by atoms with van der Waals surface area (Å²) < 4.78 is 5.78. The number of carbonyl (C=O) groups is 1. The maximum atomic E-state index is 14.3. The number of hydrogen-bond acceptors (Lipinski definition) is 5. The summed E-state index contributed by atoms with van der Waals surface area (Å²) in [5, 5.41) is 0. The van der Waals surface area contributed by atoms with E-state index in [1.54, 1.807) is 0 Å². The molecule has 0 unspecified atom stereocenters. The minimum atomic E-state index is -0.613. The van der Waals surface area contributed by atoms with Crippen LogP contribution in [0.3, 0.4) is 0 Å². The molecule has 0 spiro atoms. The molecule has 1 amide bonds. The van der Waals surface area contributed by atoms with E-state index in [1.807, 2.05) is 49.2 Å². The topological polar surface area (TPSA) is 32.8 Å². The zero-order valence-corrected chi connectivity index (χ0v) is 42.6. The molecule has 6 aromatic rings. The summed E-state index contributed by atoms with van der Waals surface area (Å²) in [5.74, 6) is 1.68. The number of unbranched alkanes of at least 4 members (excludes halogenated alkanes) is 2. The van der Waals surface area contributed by atoms with E-state index in [9.17, 15) is 4.79 Å². The van der Waals surface area contributed by atoms with Gasteiger partial charge in [0.2, 0.25) is 0 Å². The van der Waals surface area contributed by atoms with Gasteiger partial charge in [-0.2, -0.15) is 23.5 Å². The lowest BCUT2D eigenvalue weighted by molar-refractivity contribution is 0.0217. The van der Waals surface area contributed by atoms with Crippen LogP contribution in [0.4, 0.5) is 4.79 Å². The number of thioether (sulfide) groups is 2. The average molecular weight is 919 g/mol. The zero-order chi connectivity index (χ0) is 47.1. The highest BCUT2D eigenvalue weighted by Gasteiger charge is 2.41. The molecular formula is C60H74N2O2S2. The smallest absolute Gasteiger partial charge is 0.410 e. The second kappa shape index (κ2) is 23.3. The van der Waals surface area contributed by atoms with Crippen LogP contribution >= 0.6 is 23.5 Å². The zero-order valence-electron chi connectivity index (χ0n) is 40.9. The Balaban J connectivity index is 1.26. The van der Waals surface area contributed by atoms with Crippen molar-refractivity contribution >= 4 is 29.6 Å². The van der Waals surface area contributed by atoms with Crippen LogP contribution < -0.4 is 0 Å². The normalized spacial score (nSPS) is 12.6. The number of hydrogen-bond donors (Lipinski definition) is 0. The summed E-state index contributed by atoms with van der Waals surface area (Å²) in [7, 11) is 0. The molecule has 0 aliphatic carbocycles. The molecule has 0 saturated heterocycles. The van der Waals surface area contributed by atoms with Crippen molar-refractivity contribution in [3.63, 3.8) is 0 Å². The van der Waals surface area contributed by atoms with Crippen LogP contribution in [-0.4, -0.2) is 75.2 Å². The number of amides is 1. The molecule has 0 heterocycles. The molecular weight excluding hydrogens is 845 g/mol. The Labute approximate surface area is 407 Å². The second-order valence-electron chi connectivity index (χ2n) is 20.0. The van der Waals surface area contributed by atoms with Crippen molar-refractivity contribution in [1.29, 1.82) is 0 Å². The summed E-state index contributed by atoms with van der Waals surface area (Å²) in [6.07, 6.45) is 3.20. The third-order valence-electron chi connectivity index (χ3n) is 12.6. The molecule has 0 radical (unpaired) electrons. The summed E-state index contributed by atoms with van der Waals surface area (Å²) in [5.41, 5.74) is 6.31. The Morgan fingerprint density at radius 1 is 0.439 bits per heavy atom. The highest BCUT2D eigenvalue weighted by atomic mass is 32.2. The van der Waals surface area contributed by atoms with Crippen LogP contribution in [0.1, 0.15) is 108 Å². The molecule has 0 N–H and O–H groups in total. The number of benzene rings is 6. The molecule has 0 aromatic heterocycles. The molecule has 4 nitrogen and oxygen atoms in total. The first-order chi connectivity index (χ1) is 31.7. The molecule has 0 fully saturated rings. The van der Waals surface area contributed by atoms with Crippen LogP contribution in [0.2, 0.25) is 0 Å². The molecule has 6 heteroatoms. The van der Waals surface area contributed by atoms with Gasteiger partial charge in [-0.25, -0.2) is 4.79 Å². The van der Waals surface area contributed by atoms with Gasteiger partial charge in [0.15, 0.2) is 0 Å². The fourth-order valence-electron chi connectivity index (χ4n) is 9.21. The third-order valence-corrected chi connectivity index (χ3v) is 15.5. The summed E-state index contributed by atoms with van der Waals surface area (Å²) in [6.45, 7) is 21.3. The molecule has 6 rings (SSSR count). The lowest BCUT2D eigenvalue weighted by Gasteiger charge is -2.41. The van der Waals surface area contributed by atoms with Crippen LogP contribution in [-0.2, 0) is 15.6 Å². The Hall–Kier alpha value is -4.75. The minimum absolute atomic E-state index is 0.0999. The largest absolute Gasteiger partial charge is 0.444 e. The van der Waals surface area contributed by atoms with Crippen molar-refractivity contribution in [2.45, 2.75) is 101 Å². The van der Waals surface area contributed by atoms with E-state index in [0.29, 0.717) is 13.1 Å². The van der Waals surface area contributed by atoms with E-state index in [4.69, 9.17) is 4.74 Å². The average Bonchev–Trinajstić information content (AvgIpc) is 3.32. The predicted molar refractivity (Wildman–Crippen MR) is 285 cm³/mol. The Kier molecular flexibility index (Phi) is 17.9. The number of nitrogens with zero attached hydrogens (tertiary/aromatic N) is 2. The van der Waals surface area contributed by atoms with Gasteiger partial charge >= 0.3 is 6.09 Å². The maximum Gasteiger partial charge on any atom is 0.410 e. The predicted octanol–water partition coefficient (Wildman–Crippen LogP) is 14.8. The quantitative estimate of drug-likeness (QED) is 0.0472. The van der Waals surface area contributed by atoms with Gasteiger partial charge in [0.05, 0.1) is 10.8 Å². The molecule has 6 aromatic carbocycles. The maximum absolute atomic E-state index is 14.3. The number of rotatable bonds is 23. The van der Waals surface area contributed by atoms with Gasteiger partial charge in [0.1, 0.15) is 5.60 Å². The van der Waals surface area contributed by atoms with Gasteiger partial charge in [0, 0.05) is 47.2 Å². The first-order valence-electron chi connectivity index (χ1n) is 24.0. The van der Waals surface area contributed by atoms with Crippen LogP contribution in [0.5, 0.6) is 0 Å². The van der Waals surface area contributed by atoms with Crippen LogP contribution in [0.25, 0.3) is 0 Å². The van der Waals surface area contributed by atoms with E-state index in [0.717, 1.165) is 44.0 Å². The molecule has 66 heavy (non-hydrogen) atoms. The standard InChI is InChI=1S/C60H74N2O2S2/c1-9-10-29-42-61(45-57(5,6)65-47-59(49-30-17-11-18-31-49,50-32-19-12-20-33-50)51-34-21-13-22-35-51)43-44-62(55(63)64-56(2,3)4)46-58(7,8)66-48-60(52-36-23-14-24-37-52,53-38-25-15-26-39-53)54-40-27-16-28-41-54/h11-28,30-41H,9-10,29,42-48H2,1-8H3. The summed E-state index contributed by atoms with van der Waals surface area (Å²) >= 11 is 3.98. The van der Waals surface area contributed by atoms with Gasteiger partial charge in [0.25, 0.3) is 0 Å². The number of ether oxygens (including phenoxy) is 1. The van der Waals surface area contributed by atoms with Crippen molar-refractivity contribution < 1.29 is 9.53 Å². The second-order valence-corrected chi connectivity index (χ2v) is 23.4. The van der Waals surface area contributed by atoms with E-state index < -0.39 is 11.0 Å². The van der Waals surface area contributed by atoms with Gasteiger partial charge in [-0.3, -0.25) is 0 Å². The van der Waals surface area contributed by atoms with Crippen molar-refractivity contribution in [2.75, 3.05) is 44.2 Å². The number of carbonyl (C=O) groups excluding carboxylic acids is 1. The van der Waals surface area contributed by atoms with E-state index >= 15 is 0 Å². The SMILES string of the molecule is CCCCCN(CCN(CC(C)(C)SCC(c1ccccc1)(c1ccccc1)c1ccccc1)C(=O)OC(C)(C)C)CC(C)(C)SCC(c1ccccc1)(c1ccccc1)c1ccccc1. The molecule has 0 aliphatic rings. The van der Waals surface area contributed by atoms with Crippen LogP contribution in [0, 0.1) is 0 Å². The first kappa shape index (κ1) is 50.7. The van der Waals surface area contributed by atoms with Gasteiger partial charge in [-0.05, 0) is 94.8 Å². The molecule has 0 aliphatic heterocycles. The summed E-state index contributed by atoms with van der Waals surface area (Å²) in [6, 6.07) is 65.9. The fraction of sp³-hybridized carbons (Fsp3) is 0.383. The monoisotopic (exact) mass is 919 g/mol. The highest BCUT2D eigenvalue weighted by Crippen LogP contribution is 2.46. The minimum Gasteiger partial charge on any atom is -0.444 e. The third kappa shape index (κ3) is 13.5. The highest BCUT2D eigenvalue weighted by molar-refractivity contribution is 8.00. The van der Waals surface area contributed by atoms with Crippen molar-refractivity contribution in [1.82, 2.24) is 9.80 Å². The van der Waals surface area contributed by atoms with Gasteiger partial charge in [-0.1, -0.05) is 202 Å². The van der Waals surface area contributed by atoms with Crippen molar-refractivity contribution in [2.24, 2.45) is 0 Å². The van der Waals surface area contributed by atoms with Crippen LogP contribution in [0.15, 0.2) is 182 Å². The molecule has 0 saturated carbocycles. The molecule has 0 bridgehead atoms. The van der Waals surface area contributed by atoms with E-state index in [2.05, 4.69) is 222 Å². The van der Waals surface area contributed by atoms with E-state index in [1.165, 1.54) is 39.8 Å². The Morgan fingerprint density at radius 2 is 0.758 bits per heavy atom. The van der Waals surface area contributed by atoms with Crippen molar-refractivity contribution in [3.8, 4) is 0 Å². The molecule has 0 atom stereocenters. The fourth-order valence-corrected chi connectivity index (χ4v) is 11.9. The lowest BCUT2D eigenvalue weighted by atomic mass is 9.71. The van der Waals surface area contributed by atoms with Gasteiger partial charge in [-0.15, -0.1) is 0 Å². The lowest BCUT2D eigenvalue weighted by Crippen LogP contribution is -2.48. The Morgan fingerprint density at radius 3 is 1.06 bits per heavy atom. The summed E-state index contributed by atoms with van der Waals surface area (Å²) in [4.78, 5) is 19.0. The van der Waals surface area contributed by atoms with E-state index in [-0.39, 0.29) is 21.0 Å². The molecule has 348 valence electrons. The van der Waals surface area contributed by atoms with Gasteiger partial charge < -0.3 is 14.5 Å².